The van der Waals surface area contributed by atoms with Crippen molar-refractivity contribution in [1.29, 1.82) is 0 Å². The van der Waals surface area contributed by atoms with Crippen molar-refractivity contribution < 1.29 is 18.4 Å². The van der Waals surface area contributed by atoms with Gasteiger partial charge in [-0.05, 0) is 31.9 Å². The van der Waals surface area contributed by atoms with E-state index in [1.807, 2.05) is 6.92 Å². The van der Waals surface area contributed by atoms with Crippen molar-refractivity contribution in [2.24, 2.45) is 0 Å². The molecule has 0 bridgehead atoms. The van der Waals surface area contributed by atoms with E-state index in [9.17, 15) is 4.79 Å². The Labute approximate surface area is 105 Å². The smallest absolute Gasteiger partial charge is 0.350 e. The third kappa shape index (κ3) is 7.09. The molecule has 0 saturated carbocycles. The number of esters is 1. The topological polar surface area (TPSA) is 44.8 Å². The molecule has 0 unspecified atom stereocenters. The Morgan fingerprint density at radius 1 is 1.29 bits per heavy atom. The average Bonchev–Trinajstić information content (AvgIpc) is 2.29. The molecule has 0 heterocycles. The molecular weight excluding hydrogens is 236 g/mol. The Balaban J connectivity index is 3.79. The molecule has 0 aromatic heterocycles. The van der Waals surface area contributed by atoms with E-state index in [1.165, 1.54) is 0 Å². The maximum absolute atomic E-state index is 11.1. The van der Waals surface area contributed by atoms with E-state index in [0.717, 1.165) is 18.0 Å². The number of allylic oxidation sites excluding steroid dienone is 2. The fourth-order valence-electron chi connectivity index (χ4n) is 1.27. The van der Waals surface area contributed by atoms with E-state index in [0.29, 0.717) is 12.2 Å². The zero-order valence-electron chi connectivity index (χ0n) is 11.1. The molecule has 0 aromatic rings. The lowest BCUT2D eigenvalue weighted by Gasteiger charge is -2.11. The molecule has 0 aliphatic rings. The zero-order valence-corrected chi connectivity index (χ0v) is 12.3. The highest BCUT2D eigenvalue weighted by molar-refractivity contribution is 6.53. The Kier molecular flexibility index (Phi) is 8.66. The van der Waals surface area contributed by atoms with Gasteiger partial charge in [-0.15, -0.1) is 0 Å². The third-order valence-electron chi connectivity index (χ3n) is 2.20. The lowest BCUT2D eigenvalue weighted by atomic mass is 10.3. The van der Waals surface area contributed by atoms with Crippen LogP contribution in [0.15, 0.2) is 23.4 Å². The molecule has 0 fully saturated rings. The largest absolute Gasteiger partial charge is 0.462 e. The summed E-state index contributed by atoms with van der Waals surface area (Å²) in [6.07, 6.45) is 3.73. The van der Waals surface area contributed by atoms with Crippen LogP contribution in [-0.4, -0.2) is 36.1 Å². The van der Waals surface area contributed by atoms with Crippen LogP contribution in [0.1, 0.15) is 26.7 Å². The van der Waals surface area contributed by atoms with Gasteiger partial charge < -0.3 is 13.6 Å². The van der Waals surface area contributed by atoms with E-state index in [4.69, 9.17) is 13.6 Å². The number of ether oxygens (including phenoxy) is 1. The standard InChI is InChI=1S/C12H22O4Si/c1-10(2)12(13)16-9-7-6-8-11(3)17(14-4)15-5/h8,17H,1,6-7,9H2,2-5H3. The molecule has 17 heavy (non-hydrogen) atoms. The van der Waals surface area contributed by atoms with Gasteiger partial charge in [0.05, 0.1) is 6.61 Å². The number of hydrogen-bond acceptors (Lipinski definition) is 4. The first-order valence-electron chi connectivity index (χ1n) is 5.57. The summed E-state index contributed by atoms with van der Waals surface area (Å²) in [6.45, 7) is 7.57. The van der Waals surface area contributed by atoms with Gasteiger partial charge in [-0.3, -0.25) is 0 Å². The van der Waals surface area contributed by atoms with Gasteiger partial charge in [0.25, 0.3) is 0 Å². The maximum Gasteiger partial charge on any atom is 0.350 e. The highest BCUT2D eigenvalue weighted by Crippen LogP contribution is 2.05. The lowest BCUT2D eigenvalue weighted by molar-refractivity contribution is -0.139. The van der Waals surface area contributed by atoms with Gasteiger partial charge in [-0.25, -0.2) is 4.79 Å². The van der Waals surface area contributed by atoms with Gasteiger partial charge in [0, 0.05) is 19.8 Å². The minimum absolute atomic E-state index is 0.327. The van der Waals surface area contributed by atoms with Crippen LogP contribution in [0.2, 0.25) is 0 Å². The van der Waals surface area contributed by atoms with Crippen molar-refractivity contribution in [1.82, 2.24) is 0 Å². The highest BCUT2D eigenvalue weighted by atomic mass is 28.3. The number of unbranched alkanes of at least 4 members (excludes halogenated alkanes) is 1. The molecule has 0 N–H and O–H groups in total. The van der Waals surface area contributed by atoms with Crippen molar-refractivity contribution in [2.45, 2.75) is 26.7 Å². The van der Waals surface area contributed by atoms with Crippen molar-refractivity contribution in [3.05, 3.63) is 23.4 Å². The fourth-order valence-corrected chi connectivity index (χ4v) is 2.56. The summed E-state index contributed by atoms with van der Waals surface area (Å²) in [4.78, 5) is 11.1. The molecule has 98 valence electrons. The van der Waals surface area contributed by atoms with E-state index in [1.54, 1.807) is 21.1 Å². The molecule has 0 saturated heterocycles. The average molecular weight is 258 g/mol. The minimum Gasteiger partial charge on any atom is -0.462 e. The Bertz CT molecular complexity index is 282. The lowest BCUT2D eigenvalue weighted by Crippen LogP contribution is -2.21. The van der Waals surface area contributed by atoms with Gasteiger partial charge in [0.1, 0.15) is 0 Å². The number of carbonyl (C=O) groups is 1. The van der Waals surface area contributed by atoms with Crippen molar-refractivity contribution in [3.8, 4) is 0 Å². The zero-order chi connectivity index (χ0) is 13.3. The molecule has 0 aliphatic carbocycles. The van der Waals surface area contributed by atoms with Gasteiger partial charge in [0.15, 0.2) is 0 Å². The fraction of sp³-hybridized carbons (Fsp3) is 0.583. The molecule has 0 radical (unpaired) electrons. The number of rotatable bonds is 8. The highest BCUT2D eigenvalue weighted by Gasteiger charge is 2.11. The van der Waals surface area contributed by atoms with Crippen LogP contribution in [0.25, 0.3) is 0 Å². The van der Waals surface area contributed by atoms with Crippen LogP contribution in [-0.2, 0) is 18.4 Å². The Morgan fingerprint density at radius 3 is 2.35 bits per heavy atom. The predicted octanol–water partition coefficient (Wildman–Crippen LogP) is 1.88. The first kappa shape index (κ1) is 16.1. The van der Waals surface area contributed by atoms with Gasteiger partial charge in [-0.2, -0.15) is 0 Å². The number of carbonyl (C=O) groups excluding carboxylic acids is 1. The molecule has 5 heteroatoms. The van der Waals surface area contributed by atoms with Crippen LogP contribution in [0.3, 0.4) is 0 Å². The SMILES string of the molecule is C=C(C)C(=O)OCCCC=C(C)[SiH](OC)OC. The maximum atomic E-state index is 11.1. The summed E-state index contributed by atoms with van der Waals surface area (Å²) >= 11 is 0. The van der Waals surface area contributed by atoms with Crippen molar-refractivity contribution >= 4 is 15.3 Å². The van der Waals surface area contributed by atoms with Crippen LogP contribution in [0.5, 0.6) is 0 Å². The molecule has 0 rings (SSSR count). The van der Waals surface area contributed by atoms with Crippen LogP contribution in [0, 0.1) is 0 Å². The molecule has 0 spiro atoms. The van der Waals surface area contributed by atoms with Crippen molar-refractivity contribution in [2.75, 3.05) is 20.8 Å². The first-order chi connectivity index (χ1) is 8.02. The summed E-state index contributed by atoms with van der Waals surface area (Å²) < 4.78 is 15.5. The van der Waals surface area contributed by atoms with E-state index >= 15 is 0 Å². The van der Waals surface area contributed by atoms with E-state index in [2.05, 4.69) is 12.7 Å². The summed E-state index contributed by atoms with van der Waals surface area (Å²) in [6, 6.07) is 0. The van der Waals surface area contributed by atoms with Gasteiger partial charge in [0.2, 0.25) is 0 Å². The molecule has 4 nitrogen and oxygen atoms in total. The molecule has 0 atom stereocenters. The molecule has 0 amide bonds. The van der Waals surface area contributed by atoms with Crippen LogP contribution in [0.4, 0.5) is 0 Å². The van der Waals surface area contributed by atoms with E-state index in [-0.39, 0.29) is 5.97 Å². The summed E-state index contributed by atoms with van der Waals surface area (Å²) in [7, 11) is 1.68. The Morgan fingerprint density at radius 2 is 1.88 bits per heavy atom. The summed E-state index contributed by atoms with van der Waals surface area (Å²) in [5.41, 5.74) is 0.433. The van der Waals surface area contributed by atoms with Gasteiger partial charge >= 0.3 is 15.3 Å². The second-order valence-electron chi connectivity index (χ2n) is 3.81. The second-order valence-corrected chi connectivity index (χ2v) is 6.33. The predicted molar refractivity (Wildman–Crippen MR) is 69.9 cm³/mol. The monoisotopic (exact) mass is 258 g/mol. The third-order valence-corrected chi connectivity index (χ3v) is 4.03. The first-order valence-corrected chi connectivity index (χ1v) is 7.09. The minimum atomic E-state index is -1.63. The van der Waals surface area contributed by atoms with Crippen LogP contribution < -0.4 is 0 Å². The summed E-state index contributed by atoms with van der Waals surface area (Å²) in [5, 5.41) is 1.15. The van der Waals surface area contributed by atoms with Crippen LogP contribution >= 0.6 is 0 Å². The molecule has 0 aliphatic heterocycles. The van der Waals surface area contributed by atoms with E-state index < -0.39 is 9.28 Å². The summed E-state index contributed by atoms with van der Waals surface area (Å²) in [5.74, 6) is -0.327. The number of hydrogen-bond donors (Lipinski definition) is 0. The Hall–Kier alpha value is -0.913. The normalized spacial score (nSPS) is 11.7. The van der Waals surface area contributed by atoms with Crippen molar-refractivity contribution in [3.63, 3.8) is 0 Å². The molecule has 0 aromatic carbocycles. The van der Waals surface area contributed by atoms with Gasteiger partial charge in [-0.1, -0.05) is 12.7 Å². The second kappa shape index (κ2) is 9.15. The molecular formula is C12H22O4Si. The quantitative estimate of drug-likeness (QED) is 0.289.